The van der Waals surface area contributed by atoms with Gasteiger partial charge in [-0.25, -0.2) is 0 Å². The van der Waals surface area contributed by atoms with Crippen LogP contribution >= 0.6 is 12.2 Å². The van der Waals surface area contributed by atoms with Crippen molar-refractivity contribution in [1.29, 1.82) is 10.5 Å². The van der Waals surface area contributed by atoms with Gasteiger partial charge in [0.2, 0.25) is 0 Å². The van der Waals surface area contributed by atoms with Crippen LogP contribution in [0, 0.1) is 38.7 Å². The van der Waals surface area contributed by atoms with Gasteiger partial charge < -0.3 is 5.11 Å². The minimum Gasteiger partial charge on any atom is -0.511 e. The number of hydrogen-bond acceptors (Lipinski definition) is 7. The molecule has 36 heavy (non-hydrogen) atoms. The molecule has 0 heterocycles. The number of benzene rings is 3. The molecule has 0 saturated carbocycles. The van der Waals surface area contributed by atoms with Gasteiger partial charge in [-0.15, -0.1) is 0 Å². The number of allylic oxidation sites excluding steroid dienone is 2. The third kappa shape index (κ3) is 4.38. The molecular weight excluding hydrogens is 474 g/mol. The van der Waals surface area contributed by atoms with Crippen molar-refractivity contribution in [3.8, 4) is 12.1 Å². The summed E-state index contributed by atoms with van der Waals surface area (Å²) in [6.45, 7) is 0. The lowest BCUT2D eigenvalue weighted by Crippen LogP contribution is -2.37. The van der Waals surface area contributed by atoms with E-state index in [1.54, 1.807) is 48.5 Å². The highest BCUT2D eigenvalue weighted by molar-refractivity contribution is 7.80. The van der Waals surface area contributed by atoms with Crippen LogP contribution in [0.3, 0.4) is 0 Å². The van der Waals surface area contributed by atoms with Crippen molar-refractivity contribution < 1.29 is 14.8 Å². The van der Waals surface area contributed by atoms with Crippen molar-refractivity contribution in [2.24, 2.45) is 5.92 Å². The van der Waals surface area contributed by atoms with Crippen LogP contribution in [0.4, 0.5) is 5.69 Å². The smallest absolute Gasteiger partial charge is 0.269 e. The second kappa shape index (κ2) is 10.3. The van der Waals surface area contributed by atoms with Gasteiger partial charge >= 0.3 is 0 Å². The summed E-state index contributed by atoms with van der Waals surface area (Å²) in [6, 6.07) is 27.0. The van der Waals surface area contributed by atoms with Crippen LogP contribution in [0.1, 0.15) is 34.4 Å². The molecule has 176 valence electrons. The van der Waals surface area contributed by atoms with Gasteiger partial charge in [-0.2, -0.15) is 10.5 Å². The Morgan fingerprint density at radius 1 is 0.861 bits per heavy atom. The van der Waals surface area contributed by atoms with Crippen LogP contribution in [-0.2, 0) is 4.79 Å². The molecular formula is C28H19N3O4S. The molecule has 7 nitrogen and oxygen atoms in total. The summed E-state index contributed by atoms with van der Waals surface area (Å²) in [6.07, 6.45) is 0. The number of nitrogens with zero attached hydrogens (tertiary/aromatic N) is 3. The zero-order chi connectivity index (χ0) is 25.8. The molecule has 1 aliphatic rings. The van der Waals surface area contributed by atoms with E-state index in [1.165, 1.54) is 24.3 Å². The molecule has 0 amide bonds. The van der Waals surface area contributed by atoms with Gasteiger partial charge in [-0.1, -0.05) is 85.0 Å². The number of thiocarbonyl (C=S) groups is 1. The maximum absolute atomic E-state index is 14.0. The number of non-ortho nitro benzene ring substituents is 1. The van der Waals surface area contributed by atoms with Gasteiger partial charge in [-0.05, 0) is 16.7 Å². The van der Waals surface area contributed by atoms with E-state index >= 15 is 0 Å². The third-order valence-electron chi connectivity index (χ3n) is 6.30. The second-order valence-electron chi connectivity index (χ2n) is 8.32. The number of nitro benzene ring substituents is 1. The highest BCUT2D eigenvalue weighted by atomic mass is 32.1. The molecule has 0 bridgehead atoms. The summed E-state index contributed by atoms with van der Waals surface area (Å²) < 4.78 is 0. The van der Waals surface area contributed by atoms with Crippen molar-refractivity contribution in [3.05, 3.63) is 123 Å². The Hall–Kier alpha value is -4.66. The van der Waals surface area contributed by atoms with Gasteiger partial charge in [0.25, 0.3) is 5.69 Å². The lowest BCUT2D eigenvalue weighted by molar-refractivity contribution is -0.384. The van der Waals surface area contributed by atoms with E-state index in [2.05, 4.69) is 0 Å². The molecule has 1 N–H and O–H groups in total. The molecule has 1 aliphatic carbocycles. The second-order valence-corrected chi connectivity index (χ2v) is 8.79. The predicted molar refractivity (Wildman–Crippen MR) is 136 cm³/mol. The molecule has 0 unspecified atom stereocenters. The maximum atomic E-state index is 14.0. The lowest BCUT2D eigenvalue weighted by Gasteiger charge is -2.35. The summed E-state index contributed by atoms with van der Waals surface area (Å²) in [5.74, 6) is -5.02. The largest absolute Gasteiger partial charge is 0.511 e. The molecule has 0 aromatic heterocycles. The number of carbonyl (C=O) groups excluding carboxylic acids is 1. The standard InChI is InChI=1S/C28H19N3O4S/c29-15-20(16-30)22(19-11-13-21(14-12-19)31(34)35)25-26(32)23(17-7-3-1-4-8-17)28(36)24(27(25)33)18-9-5-2-6-10-18/h1-14,20,22-24,32H/t22-,23+,24+/m1/s1. The van der Waals surface area contributed by atoms with Crippen LogP contribution in [-0.4, -0.2) is 20.7 Å². The Morgan fingerprint density at radius 3 is 1.83 bits per heavy atom. The molecule has 0 radical (unpaired) electrons. The summed E-state index contributed by atoms with van der Waals surface area (Å²) in [7, 11) is 0. The monoisotopic (exact) mass is 493 g/mol. The molecule has 0 fully saturated rings. The number of Topliss-reactive ketones (excluding diaryl/α,β-unsaturated/α-hetero) is 1. The van der Waals surface area contributed by atoms with Crippen molar-refractivity contribution in [1.82, 2.24) is 0 Å². The van der Waals surface area contributed by atoms with Gasteiger partial charge in [0.15, 0.2) is 5.78 Å². The first-order chi connectivity index (χ1) is 17.4. The highest BCUT2D eigenvalue weighted by Crippen LogP contribution is 2.46. The highest BCUT2D eigenvalue weighted by Gasteiger charge is 2.46. The van der Waals surface area contributed by atoms with Crippen molar-refractivity contribution in [3.63, 3.8) is 0 Å². The van der Waals surface area contributed by atoms with Crippen LogP contribution in [0.5, 0.6) is 0 Å². The molecule has 3 aromatic carbocycles. The van der Waals surface area contributed by atoms with E-state index in [1.807, 2.05) is 24.3 Å². The van der Waals surface area contributed by atoms with Gasteiger partial charge in [0.1, 0.15) is 11.7 Å². The molecule has 3 aromatic rings. The average molecular weight is 494 g/mol. The fourth-order valence-corrected chi connectivity index (χ4v) is 5.11. The number of carbonyl (C=O) groups is 1. The Kier molecular flexibility index (Phi) is 7.00. The van der Waals surface area contributed by atoms with E-state index < -0.39 is 34.4 Å². The number of ketones is 1. The van der Waals surface area contributed by atoms with Crippen LogP contribution in [0.15, 0.2) is 96.3 Å². The fourth-order valence-electron chi connectivity index (χ4n) is 4.62. The third-order valence-corrected chi connectivity index (χ3v) is 6.77. The summed E-state index contributed by atoms with van der Waals surface area (Å²) in [4.78, 5) is 24.9. The predicted octanol–water partition coefficient (Wildman–Crippen LogP) is 5.67. The Bertz CT molecular complexity index is 1420. The summed E-state index contributed by atoms with van der Waals surface area (Å²) in [5.41, 5.74) is 1.36. The number of rotatable bonds is 6. The quantitative estimate of drug-likeness (QED) is 0.266. The summed E-state index contributed by atoms with van der Waals surface area (Å²) in [5, 5.41) is 42.3. The number of aliphatic hydroxyl groups is 1. The minimum absolute atomic E-state index is 0.0896. The van der Waals surface area contributed by atoms with Crippen molar-refractivity contribution >= 4 is 28.6 Å². The molecule has 8 heteroatoms. The number of nitro groups is 1. The van der Waals surface area contributed by atoms with Crippen molar-refractivity contribution in [2.45, 2.75) is 17.8 Å². The van der Waals surface area contributed by atoms with E-state index in [-0.39, 0.29) is 17.0 Å². The number of hydrogen-bond donors (Lipinski definition) is 1. The molecule has 0 spiro atoms. The van der Waals surface area contributed by atoms with Crippen LogP contribution in [0.2, 0.25) is 0 Å². The first-order valence-corrected chi connectivity index (χ1v) is 11.4. The Labute approximate surface area is 212 Å². The first-order valence-electron chi connectivity index (χ1n) is 11.0. The van der Waals surface area contributed by atoms with E-state index in [4.69, 9.17) is 12.2 Å². The maximum Gasteiger partial charge on any atom is 0.269 e. The summed E-state index contributed by atoms with van der Waals surface area (Å²) >= 11 is 5.77. The number of aliphatic hydroxyl groups excluding tert-OH is 1. The average Bonchev–Trinajstić information content (AvgIpc) is 2.89. The minimum atomic E-state index is -1.34. The van der Waals surface area contributed by atoms with Crippen LogP contribution < -0.4 is 0 Å². The Morgan fingerprint density at radius 2 is 1.36 bits per heavy atom. The SMILES string of the molecule is N#CC(C#N)[C@H](C1=C(O)[C@H](c2ccccc2)C(=S)[C@@H](c2ccccc2)C1=O)c1ccc([N+](=O)[O-])cc1. The van der Waals surface area contributed by atoms with Crippen LogP contribution in [0.25, 0.3) is 0 Å². The first kappa shape index (κ1) is 24.5. The van der Waals surface area contributed by atoms with Crippen molar-refractivity contribution in [2.75, 3.05) is 0 Å². The number of nitriles is 2. The van der Waals surface area contributed by atoms with Gasteiger partial charge in [0, 0.05) is 28.5 Å². The fraction of sp³-hybridized carbons (Fsp3) is 0.143. The molecule has 0 saturated heterocycles. The lowest BCUT2D eigenvalue weighted by atomic mass is 9.68. The zero-order valence-electron chi connectivity index (χ0n) is 18.8. The van der Waals surface area contributed by atoms with Gasteiger partial charge in [0.05, 0.1) is 28.9 Å². The van der Waals surface area contributed by atoms with E-state index in [9.17, 15) is 30.5 Å². The van der Waals surface area contributed by atoms with Gasteiger partial charge in [-0.3, -0.25) is 14.9 Å². The molecule has 0 aliphatic heterocycles. The molecule has 4 rings (SSSR count). The zero-order valence-corrected chi connectivity index (χ0v) is 19.6. The molecule has 3 atom stereocenters. The van der Waals surface area contributed by atoms with E-state index in [0.29, 0.717) is 21.6 Å². The topological polar surface area (TPSA) is 128 Å². The normalized spacial score (nSPS) is 18.4. The Balaban J connectivity index is 1.98. The van der Waals surface area contributed by atoms with E-state index in [0.717, 1.165) is 0 Å².